The van der Waals surface area contributed by atoms with Crippen LogP contribution in [0.5, 0.6) is 0 Å². The molecule has 1 N–H and O–H groups in total. The fourth-order valence-electron chi connectivity index (χ4n) is 3.12. The number of nitrogens with one attached hydrogen (secondary N) is 1. The Morgan fingerprint density at radius 3 is 2.17 bits per heavy atom. The molecule has 4 nitrogen and oxygen atoms in total. The number of nitrogens with zero attached hydrogens (tertiary/aromatic N) is 1. The maximum atomic E-state index is 13.2. The highest BCUT2D eigenvalue weighted by Gasteiger charge is 2.29. The highest BCUT2D eigenvalue weighted by Crippen LogP contribution is 2.23. The van der Waals surface area contributed by atoms with Crippen molar-refractivity contribution in [3.63, 3.8) is 0 Å². The van der Waals surface area contributed by atoms with E-state index in [4.69, 9.17) is 23.2 Å². The predicted molar refractivity (Wildman–Crippen MR) is 119 cm³/mol. The molecule has 0 aliphatic rings. The Kier molecular flexibility index (Phi) is 8.54. The number of rotatable bonds is 8. The molecule has 0 aliphatic carbocycles. The van der Waals surface area contributed by atoms with Crippen molar-refractivity contribution in [2.24, 2.45) is 0 Å². The van der Waals surface area contributed by atoms with Crippen molar-refractivity contribution in [3.05, 3.63) is 69.2 Å². The van der Waals surface area contributed by atoms with Crippen molar-refractivity contribution in [1.82, 2.24) is 10.2 Å². The van der Waals surface area contributed by atoms with Gasteiger partial charge in [0.05, 0.1) is 16.5 Å². The van der Waals surface area contributed by atoms with E-state index in [0.717, 1.165) is 16.7 Å². The van der Waals surface area contributed by atoms with E-state index in [0.29, 0.717) is 23.0 Å². The summed E-state index contributed by atoms with van der Waals surface area (Å²) in [6.45, 7) is 8.12. The molecule has 0 bridgehead atoms. The van der Waals surface area contributed by atoms with Crippen LogP contribution in [0, 0.1) is 6.92 Å². The standard InChI is InChI=1S/C23H28Cl2N2O2/c1-5-21(23(29)26-15(2)3)27(14-17-8-6-16(4)7-9-17)22(28)13-18-10-11-19(24)20(25)12-18/h6-12,15,21H,5,13-14H2,1-4H3,(H,26,29). The molecule has 29 heavy (non-hydrogen) atoms. The van der Waals surface area contributed by atoms with Crippen molar-refractivity contribution in [2.75, 3.05) is 0 Å². The van der Waals surface area contributed by atoms with Gasteiger partial charge < -0.3 is 10.2 Å². The summed E-state index contributed by atoms with van der Waals surface area (Å²) in [5, 5.41) is 3.79. The van der Waals surface area contributed by atoms with Crippen molar-refractivity contribution in [2.45, 2.75) is 59.2 Å². The van der Waals surface area contributed by atoms with Crippen LogP contribution in [0.25, 0.3) is 0 Å². The van der Waals surface area contributed by atoms with Gasteiger partial charge in [-0.25, -0.2) is 0 Å². The maximum Gasteiger partial charge on any atom is 0.243 e. The van der Waals surface area contributed by atoms with E-state index in [9.17, 15) is 9.59 Å². The van der Waals surface area contributed by atoms with E-state index in [-0.39, 0.29) is 24.3 Å². The molecule has 0 aliphatic heterocycles. The van der Waals surface area contributed by atoms with Gasteiger partial charge in [-0.2, -0.15) is 0 Å². The first-order valence-corrected chi connectivity index (χ1v) is 10.6. The second-order valence-corrected chi connectivity index (χ2v) is 8.33. The van der Waals surface area contributed by atoms with E-state index >= 15 is 0 Å². The van der Waals surface area contributed by atoms with Gasteiger partial charge in [-0.1, -0.05) is 66.0 Å². The minimum Gasteiger partial charge on any atom is -0.352 e. The van der Waals surface area contributed by atoms with Gasteiger partial charge in [0.25, 0.3) is 0 Å². The van der Waals surface area contributed by atoms with Crippen molar-refractivity contribution in [3.8, 4) is 0 Å². The second kappa shape index (κ2) is 10.7. The van der Waals surface area contributed by atoms with Crippen LogP contribution in [0.1, 0.15) is 43.9 Å². The Bertz CT molecular complexity index is 850. The lowest BCUT2D eigenvalue weighted by Gasteiger charge is -2.31. The largest absolute Gasteiger partial charge is 0.352 e. The lowest BCUT2D eigenvalue weighted by molar-refractivity contribution is -0.141. The molecule has 0 heterocycles. The topological polar surface area (TPSA) is 49.4 Å². The minimum atomic E-state index is -0.547. The number of aryl methyl sites for hydroxylation is 1. The third-order valence-corrected chi connectivity index (χ3v) is 5.37. The van der Waals surface area contributed by atoms with Gasteiger partial charge >= 0.3 is 0 Å². The molecule has 156 valence electrons. The predicted octanol–water partition coefficient (Wildman–Crippen LogP) is 5.18. The summed E-state index contributed by atoms with van der Waals surface area (Å²) in [6, 6.07) is 12.6. The lowest BCUT2D eigenvalue weighted by Crippen LogP contribution is -2.50. The number of carbonyl (C=O) groups is 2. The van der Waals surface area contributed by atoms with Gasteiger partial charge in [0, 0.05) is 12.6 Å². The summed E-state index contributed by atoms with van der Waals surface area (Å²) in [4.78, 5) is 27.7. The van der Waals surface area contributed by atoms with Crippen LogP contribution in [0.4, 0.5) is 0 Å². The van der Waals surface area contributed by atoms with E-state index in [1.165, 1.54) is 0 Å². The highest BCUT2D eigenvalue weighted by molar-refractivity contribution is 6.42. The molecule has 0 saturated heterocycles. The Balaban J connectivity index is 2.30. The number of hydrogen-bond acceptors (Lipinski definition) is 2. The summed E-state index contributed by atoms with van der Waals surface area (Å²) < 4.78 is 0. The number of halogens is 2. The van der Waals surface area contributed by atoms with E-state index in [1.807, 2.05) is 52.0 Å². The number of hydrogen-bond donors (Lipinski definition) is 1. The normalized spacial score (nSPS) is 12.0. The fourth-order valence-corrected chi connectivity index (χ4v) is 3.44. The molecule has 2 rings (SSSR count). The van der Waals surface area contributed by atoms with Crippen molar-refractivity contribution in [1.29, 1.82) is 0 Å². The Labute approximate surface area is 183 Å². The van der Waals surface area contributed by atoms with E-state index < -0.39 is 6.04 Å². The SMILES string of the molecule is CCC(C(=O)NC(C)C)N(Cc1ccc(C)cc1)C(=O)Cc1ccc(Cl)c(Cl)c1. The Morgan fingerprint density at radius 1 is 1.00 bits per heavy atom. The summed E-state index contributed by atoms with van der Waals surface area (Å²) in [5.74, 6) is -0.271. The molecule has 2 aromatic rings. The van der Waals surface area contributed by atoms with Crippen LogP contribution < -0.4 is 5.32 Å². The monoisotopic (exact) mass is 434 g/mol. The first-order valence-electron chi connectivity index (χ1n) is 9.80. The molecule has 2 aromatic carbocycles. The third kappa shape index (κ3) is 6.76. The second-order valence-electron chi connectivity index (χ2n) is 7.52. The van der Waals surface area contributed by atoms with Gasteiger partial charge in [-0.15, -0.1) is 0 Å². The smallest absolute Gasteiger partial charge is 0.243 e. The molecule has 2 amide bonds. The molecule has 0 spiro atoms. The third-order valence-electron chi connectivity index (χ3n) is 4.63. The minimum absolute atomic E-state index is 0.00273. The summed E-state index contributed by atoms with van der Waals surface area (Å²) in [6.07, 6.45) is 0.672. The molecule has 0 saturated carbocycles. The molecule has 0 radical (unpaired) electrons. The molecular formula is C23H28Cl2N2O2. The quantitative estimate of drug-likeness (QED) is 0.622. The zero-order valence-electron chi connectivity index (χ0n) is 17.3. The van der Waals surface area contributed by atoms with Gasteiger partial charge in [0.1, 0.15) is 6.04 Å². The molecular weight excluding hydrogens is 407 g/mol. The average Bonchev–Trinajstić information content (AvgIpc) is 2.65. The summed E-state index contributed by atoms with van der Waals surface area (Å²) in [7, 11) is 0. The van der Waals surface area contributed by atoms with Crippen LogP contribution >= 0.6 is 23.2 Å². The summed E-state index contributed by atoms with van der Waals surface area (Å²) >= 11 is 12.1. The van der Waals surface area contributed by atoms with E-state index in [1.54, 1.807) is 23.1 Å². The number of amides is 2. The van der Waals surface area contributed by atoms with Crippen molar-refractivity contribution < 1.29 is 9.59 Å². The zero-order chi connectivity index (χ0) is 21.6. The molecule has 1 unspecified atom stereocenters. The van der Waals surface area contributed by atoms with Gasteiger partial charge in [-0.05, 0) is 50.5 Å². The summed E-state index contributed by atoms with van der Waals surface area (Å²) in [5.41, 5.74) is 2.89. The van der Waals surface area contributed by atoms with E-state index in [2.05, 4.69) is 5.32 Å². The fraction of sp³-hybridized carbons (Fsp3) is 0.391. The molecule has 0 fully saturated rings. The lowest BCUT2D eigenvalue weighted by atomic mass is 10.1. The van der Waals surface area contributed by atoms with Gasteiger partial charge in [-0.3, -0.25) is 9.59 Å². The van der Waals surface area contributed by atoms with Gasteiger partial charge in [0.15, 0.2) is 0 Å². The number of carbonyl (C=O) groups excluding carboxylic acids is 2. The first kappa shape index (κ1) is 23.2. The average molecular weight is 435 g/mol. The highest BCUT2D eigenvalue weighted by atomic mass is 35.5. The van der Waals surface area contributed by atoms with Crippen LogP contribution in [0.2, 0.25) is 10.0 Å². The molecule has 1 atom stereocenters. The maximum absolute atomic E-state index is 13.2. The zero-order valence-corrected chi connectivity index (χ0v) is 18.8. The van der Waals surface area contributed by atoms with Crippen molar-refractivity contribution >= 4 is 35.0 Å². The van der Waals surface area contributed by atoms with Crippen LogP contribution in [-0.2, 0) is 22.6 Å². The van der Waals surface area contributed by atoms with Crippen LogP contribution in [-0.4, -0.2) is 28.8 Å². The first-order chi connectivity index (χ1) is 13.7. The molecule has 6 heteroatoms. The number of benzene rings is 2. The van der Waals surface area contributed by atoms with Gasteiger partial charge in [0.2, 0.25) is 11.8 Å². The Hall–Kier alpha value is -2.04. The Morgan fingerprint density at radius 2 is 1.62 bits per heavy atom. The van der Waals surface area contributed by atoms with Crippen LogP contribution in [0.15, 0.2) is 42.5 Å². The molecule has 0 aromatic heterocycles. The van der Waals surface area contributed by atoms with Crippen LogP contribution in [0.3, 0.4) is 0 Å².